The summed E-state index contributed by atoms with van der Waals surface area (Å²) in [5, 5.41) is 8.90. The molecule has 0 aliphatic rings. The summed E-state index contributed by atoms with van der Waals surface area (Å²) in [5.74, 6) is 1.18. The fourth-order valence-corrected chi connectivity index (χ4v) is 1.39. The van der Waals surface area contributed by atoms with Gasteiger partial charge in [-0.25, -0.2) is 0 Å². The van der Waals surface area contributed by atoms with Crippen molar-refractivity contribution in [2.24, 2.45) is 5.92 Å². The van der Waals surface area contributed by atoms with E-state index in [0.29, 0.717) is 30.4 Å². The van der Waals surface area contributed by atoms with Gasteiger partial charge in [0.2, 0.25) is 0 Å². The lowest BCUT2D eigenvalue weighted by atomic mass is 10.1. The van der Waals surface area contributed by atoms with Gasteiger partial charge in [0.15, 0.2) is 0 Å². The summed E-state index contributed by atoms with van der Waals surface area (Å²) >= 11 is 0. The highest BCUT2D eigenvalue weighted by Gasteiger charge is 2.06. The summed E-state index contributed by atoms with van der Waals surface area (Å²) in [7, 11) is 0. The Kier molecular flexibility index (Phi) is 6.24. The van der Waals surface area contributed by atoms with E-state index in [-0.39, 0.29) is 6.10 Å². The highest BCUT2D eigenvalue weighted by molar-refractivity contribution is 5.42. The monoisotopic (exact) mass is 247 g/mol. The average molecular weight is 247 g/mol. The number of nitriles is 1. The molecule has 0 aliphatic carbocycles. The largest absolute Gasteiger partial charge is 0.492 e. The average Bonchev–Trinajstić information content (AvgIpc) is 2.38. The molecule has 0 aromatic heterocycles. The predicted molar refractivity (Wildman–Crippen MR) is 71.5 cm³/mol. The van der Waals surface area contributed by atoms with Crippen LogP contribution in [0.25, 0.3) is 0 Å². The molecule has 0 amide bonds. The first-order chi connectivity index (χ1) is 8.65. The minimum atomic E-state index is 0.274. The van der Waals surface area contributed by atoms with Gasteiger partial charge in [0.1, 0.15) is 11.8 Å². The van der Waals surface area contributed by atoms with Crippen molar-refractivity contribution in [2.45, 2.75) is 33.3 Å². The van der Waals surface area contributed by atoms with Crippen LogP contribution in [0.4, 0.5) is 0 Å². The Morgan fingerprint density at radius 2 is 1.89 bits per heavy atom. The molecular weight excluding hydrogens is 226 g/mol. The molecule has 98 valence electrons. The molecular formula is C15H21NO2. The fourth-order valence-electron chi connectivity index (χ4n) is 1.39. The van der Waals surface area contributed by atoms with E-state index < -0.39 is 0 Å². The van der Waals surface area contributed by atoms with Crippen LogP contribution in [0.15, 0.2) is 24.3 Å². The summed E-state index contributed by atoms with van der Waals surface area (Å²) in [6.07, 6.45) is 1.10. The van der Waals surface area contributed by atoms with E-state index in [9.17, 15) is 0 Å². The Balaban J connectivity index is 2.24. The molecule has 1 atom stereocenters. The maximum Gasteiger partial charge on any atom is 0.137 e. The van der Waals surface area contributed by atoms with E-state index in [1.54, 1.807) is 6.07 Å². The Morgan fingerprint density at radius 1 is 1.17 bits per heavy atom. The molecule has 0 bridgehead atoms. The predicted octanol–water partition coefficient (Wildman–Crippen LogP) is 3.39. The third-order valence-electron chi connectivity index (χ3n) is 2.87. The molecule has 1 aromatic carbocycles. The zero-order valence-corrected chi connectivity index (χ0v) is 11.3. The van der Waals surface area contributed by atoms with Crippen LogP contribution in [0.5, 0.6) is 5.75 Å². The van der Waals surface area contributed by atoms with Gasteiger partial charge in [-0.2, -0.15) is 5.26 Å². The lowest BCUT2D eigenvalue weighted by Gasteiger charge is -2.16. The number of ether oxygens (including phenoxy) is 2. The topological polar surface area (TPSA) is 42.2 Å². The second-order valence-electron chi connectivity index (χ2n) is 4.63. The molecule has 1 unspecified atom stereocenters. The van der Waals surface area contributed by atoms with Crippen LogP contribution in [-0.4, -0.2) is 19.3 Å². The molecule has 0 radical (unpaired) electrons. The SMILES string of the molecule is CC(C)C(C)OCCCOc1ccccc1C#N. The number of hydrogen-bond acceptors (Lipinski definition) is 3. The zero-order valence-electron chi connectivity index (χ0n) is 11.3. The van der Waals surface area contributed by atoms with Crippen molar-refractivity contribution >= 4 is 0 Å². The molecule has 0 fully saturated rings. The van der Waals surface area contributed by atoms with E-state index in [1.165, 1.54) is 0 Å². The van der Waals surface area contributed by atoms with Gasteiger partial charge >= 0.3 is 0 Å². The molecule has 1 aromatic rings. The maximum absolute atomic E-state index is 8.90. The summed E-state index contributed by atoms with van der Waals surface area (Å²) in [6.45, 7) is 7.63. The van der Waals surface area contributed by atoms with Crippen LogP contribution in [-0.2, 0) is 4.74 Å². The van der Waals surface area contributed by atoms with Gasteiger partial charge in [-0.3, -0.25) is 0 Å². The van der Waals surface area contributed by atoms with Gasteiger partial charge in [0.05, 0.1) is 24.9 Å². The normalized spacial score (nSPS) is 12.2. The smallest absolute Gasteiger partial charge is 0.137 e. The molecule has 0 heterocycles. The van der Waals surface area contributed by atoms with E-state index >= 15 is 0 Å². The first-order valence-corrected chi connectivity index (χ1v) is 6.38. The summed E-state index contributed by atoms with van der Waals surface area (Å²) in [4.78, 5) is 0. The second-order valence-corrected chi connectivity index (χ2v) is 4.63. The van der Waals surface area contributed by atoms with E-state index in [1.807, 2.05) is 18.2 Å². The molecule has 1 rings (SSSR count). The highest BCUT2D eigenvalue weighted by atomic mass is 16.5. The van der Waals surface area contributed by atoms with Crippen molar-refractivity contribution < 1.29 is 9.47 Å². The van der Waals surface area contributed by atoms with Gasteiger partial charge < -0.3 is 9.47 Å². The molecule has 0 saturated heterocycles. The molecule has 0 spiro atoms. The maximum atomic E-state index is 8.90. The third kappa shape index (κ3) is 4.77. The molecule has 3 heteroatoms. The second kappa shape index (κ2) is 7.73. The first-order valence-electron chi connectivity index (χ1n) is 6.38. The van der Waals surface area contributed by atoms with Crippen molar-refractivity contribution in [1.82, 2.24) is 0 Å². The minimum absolute atomic E-state index is 0.274. The Morgan fingerprint density at radius 3 is 2.56 bits per heavy atom. The number of benzene rings is 1. The fraction of sp³-hybridized carbons (Fsp3) is 0.533. The van der Waals surface area contributed by atoms with Crippen molar-refractivity contribution in [2.75, 3.05) is 13.2 Å². The van der Waals surface area contributed by atoms with Gasteiger partial charge in [0, 0.05) is 6.42 Å². The van der Waals surface area contributed by atoms with Crippen LogP contribution in [0.3, 0.4) is 0 Å². The minimum Gasteiger partial charge on any atom is -0.492 e. The van der Waals surface area contributed by atoms with E-state index in [4.69, 9.17) is 14.7 Å². The van der Waals surface area contributed by atoms with Crippen LogP contribution in [0.2, 0.25) is 0 Å². The molecule has 0 aliphatic heterocycles. The van der Waals surface area contributed by atoms with Gasteiger partial charge in [-0.15, -0.1) is 0 Å². The molecule has 0 saturated carbocycles. The van der Waals surface area contributed by atoms with Crippen LogP contribution in [0, 0.1) is 17.2 Å². The third-order valence-corrected chi connectivity index (χ3v) is 2.87. The van der Waals surface area contributed by atoms with Gasteiger partial charge in [0.25, 0.3) is 0 Å². The summed E-state index contributed by atoms with van der Waals surface area (Å²) in [5.41, 5.74) is 0.578. The molecule has 0 N–H and O–H groups in total. The molecule has 3 nitrogen and oxygen atoms in total. The Labute approximate surface area is 109 Å². The van der Waals surface area contributed by atoms with Crippen LogP contribution < -0.4 is 4.74 Å². The van der Waals surface area contributed by atoms with E-state index in [2.05, 4.69) is 26.8 Å². The number of hydrogen-bond donors (Lipinski definition) is 0. The summed E-state index contributed by atoms with van der Waals surface area (Å²) in [6, 6.07) is 9.39. The van der Waals surface area contributed by atoms with Gasteiger partial charge in [-0.05, 0) is 25.0 Å². The van der Waals surface area contributed by atoms with Crippen LogP contribution >= 0.6 is 0 Å². The van der Waals surface area contributed by atoms with E-state index in [0.717, 1.165) is 6.42 Å². The van der Waals surface area contributed by atoms with Crippen LogP contribution in [0.1, 0.15) is 32.8 Å². The lowest BCUT2D eigenvalue weighted by molar-refractivity contribution is 0.0291. The summed E-state index contributed by atoms with van der Waals surface area (Å²) < 4.78 is 11.2. The van der Waals surface area contributed by atoms with Crippen molar-refractivity contribution in [3.05, 3.63) is 29.8 Å². The quantitative estimate of drug-likeness (QED) is 0.694. The standard InChI is InChI=1S/C15H21NO2/c1-12(2)13(3)17-9-6-10-18-15-8-5-4-7-14(15)11-16/h4-5,7-8,12-13H,6,9-10H2,1-3H3. The Bertz CT molecular complexity index is 396. The Hall–Kier alpha value is -1.53. The highest BCUT2D eigenvalue weighted by Crippen LogP contribution is 2.16. The number of nitrogens with zero attached hydrogens (tertiary/aromatic N) is 1. The van der Waals surface area contributed by atoms with Crippen molar-refractivity contribution in [3.8, 4) is 11.8 Å². The lowest BCUT2D eigenvalue weighted by Crippen LogP contribution is -2.17. The zero-order chi connectivity index (χ0) is 13.4. The van der Waals surface area contributed by atoms with Crippen molar-refractivity contribution in [1.29, 1.82) is 5.26 Å². The number of rotatable bonds is 7. The molecule has 18 heavy (non-hydrogen) atoms. The number of para-hydroxylation sites is 1. The van der Waals surface area contributed by atoms with Crippen molar-refractivity contribution in [3.63, 3.8) is 0 Å². The van der Waals surface area contributed by atoms with Gasteiger partial charge in [-0.1, -0.05) is 26.0 Å². The first kappa shape index (κ1) is 14.5.